The highest BCUT2D eigenvalue weighted by molar-refractivity contribution is 5.85. The third kappa shape index (κ3) is 4.77. The molecule has 1 N–H and O–H groups in total. The van der Waals surface area contributed by atoms with Crippen molar-refractivity contribution in [1.29, 1.82) is 0 Å². The first-order valence-corrected chi connectivity index (χ1v) is 9.84. The number of carbonyl (C=O) groups excluding carboxylic acids is 1. The van der Waals surface area contributed by atoms with Crippen molar-refractivity contribution in [2.45, 2.75) is 70.0 Å². The Hall–Kier alpha value is -1.06. The normalized spacial score (nSPS) is 28.1. The fourth-order valence-corrected chi connectivity index (χ4v) is 4.76. The number of rotatable bonds is 6. The molecule has 1 amide bonds. The summed E-state index contributed by atoms with van der Waals surface area (Å²) in [5.41, 5.74) is 1.26. The van der Waals surface area contributed by atoms with Crippen LogP contribution in [0.4, 0.5) is 0 Å². The van der Waals surface area contributed by atoms with E-state index in [1.807, 2.05) is 6.07 Å². The number of benzene rings is 1. The summed E-state index contributed by atoms with van der Waals surface area (Å²) >= 11 is 0. The summed E-state index contributed by atoms with van der Waals surface area (Å²) in [5, 5.41) is 3.69. The number of nitrogens with one attached hydrogen (secondary N) is 1. The molecule has 1 saturated carbocycles. The van der Waals surface area contributed by atoms with Crippen LogP contribution in [0, 0.1) is 11.8 Å². The third-order valence-electron chi connectivity index (χ3n) is 6.31. The van der Waals surface area contributed by atoms with Crippen LogP contribution in [-0.4, -0.2) is 29.4 Å². The summed E-state index contributed by atoms with van der Waals surface area (Å²) in [4.78, 5) is 15.2. The molecule has 3 fully saturated rings. The highest BCUT2D eigenvalue weighted by atomic mass is 35.5. The minimum absolute atomic E-state index is 0. The Morgan fingerprint density at radius 2 is 1.68 bits per heavy atom. The van der Waals surface area contributed by atoms with Gasteiger partial charge in [0.1, 0.15) is 0 Å². The van der Waals surface area contributed by atoms with Crippen molar-refractivity contribution in [1.82, 2.24) is 10.2 Å². The summed E-state index contributed by atoms with van der Waals surface area (Å²) < 4.78 is 0. The van der Waals surface area contributed by atoms with Crippen molar-refractivity contribution < 1.29 is 4.79 Å². The molecular formula is C21H31ClN2O. The molecule has 2 atom stereocenters. The van der Waals surface area contributed by atoms with Gasteiger partial charge in [-0.05, 0) is 55.9 Å². The van der Waals surface area contributed by atoms with Gasteiger partial charge in [0.2, 0.25) is 5.91 Å². The molecule has 0 aromatic heterocycles. The van der Waals surface area contributed by atoms with E-state index in [1.54, 1.807) is 0 Å². The van der Waals surface area contributed by atoms with Gasteiger partial charge in [0.25, 0.3) is 0 Å². The van der Waals surface area contributed by atoms with E-state index in [4.69, 9.17) is 0 Å². The summed E-state index contributed by atoms with van der Waals surface area (Å²) in [5.74, 6) is 1.72. The van der Waals surface area contributed by atoms with Gasteiger partial charge in [-0.15, -0.1) is 12.4 Å². The molecule has 0 radical (unpaired) electrons. The maximum Gasteiger partial charge on any atom is 0.223 e. The first-order valence-electron chi connectivity index (χ1n) is 9.84. The van der Waals surface area contributed by atoms with Crippen molar-refractivity contribution >= 4 is 18.3 Å². The number of amides is 1. The lowest BCUT2D eigenvalue weighted by Gasteiger charge is -2.34. The summed E-state index contributed by atoms with van der Waals surface area (Å²) in [6.07, 6.45) is 9.72. The van der Waals surface area contributed by atoms with Crippen LogP contribution in [-0.2, 0) is 11.3 Å². The van der Waals surface area contributed by atoms with E-state index in [-0.39, 0.29) is 12.4 Å². The van der Waals surface area contributed by atoms with E-state index < -0.39 is 0 Å². The zero-order chi connectivity index (χ0) is 16.4. The molecule has 1 aliphatic carbocycles. The molecule has 2 saturated heterocycles. The van der Waals surface area contributed by atoms with E-state index in [1.165, 1.54) is 50.5 Å². The Labute approximate surface area is 158 Å². The summed E-state index contributed by atoms with van der Waals surface area (Å²) in [7, 11) is 0. The predicted octanol–water partition coefficient (Wildman–Crippen LogP) is 4.16. The van der Waals surface area contributed by atoms with Crippen molar-refractivity contribution in [2.75, 3.05) is 6.54 Å². The lowest BCUT2D eigenvalue weighted by atomic mass is 9.84. The van der Waals surface area contributed by atoms with Crippen LogP contribution < -0.4 is 5.32 Å². The largest absolute Gasteiger partial charge is 0.338 e. The average Bonchev–Trinajstić information content (AvgIpc) is 2.89. The quantitative estimate of drug-likeness (QED) is 0.824. The fourth-order valence-electron chi connectivity index (χ4n) is 4.76. The SMILES string of the molecule is Cl.O=C(CC1CC2CCC(C1)N2)N(Cc1ccccc1)CC1CCC1. The Morgan fingerprint density at radius 1 is 1.00 bits per heavy atom. The number of hydrogen-bond donors (Lipinski definition) is 1. The Morgan fingerprint density at radius 3 is 2.28 bits per heavy atom. The Balaban J connectivity index is 0.00000182. The topological polar surface area (TPSA) is 32.3 Å². The molecule has 3 aliphatic rings. The predicted molar refractivity (Wildman–Crippen MR) is 104 cm³/mol. The first kappa shape index (κ1) is 18.7. The minimum Gasteiger partial charge on any atom is -0.338 e. The molecule has 4 rings (SSSR count). The molecule has 4 heteroatoms. The second kappa shape index (κ2) is 8.55. The maximum atomic E-state index is 13.0. The second-order valence-electron chi connectivity index (χ2n) is 8.24. The Bertz CT molecular complexity index is 548. The molecule has 25 heavy (non-hydrogen) atoms. The molecule has 2 aliphatic heterocycles. The molecule has 2 bridgehead atoms. The van der Waals surface area contributed by atoms with Crippen LogP contribution in [0.25, 0.3) is 0 Å². The monoisotopic (exact) mass is 362 g/mol. The fraction of sp³-hybridized carbons (Fsp3) is 0.667. The van der Waals surface area contributed by atoms with Gasteiger partial charge in [-0.1, -0.05) is 36.8 Å². The van der Waals surface area contributed by atoms with E-state index in [2.05, 4.69) is 34.5 Å². The zero-order valence-electron chi connectivity index (χ0n) is 15.0. The number of nitrogens with zero attached hydrogens (tertiary/aromatic N) is 1. The van der Waals surface area contributed by atoms with Gasteiger partial charge in [-0.2, -0.15) is 0 Å². The molecule has 3 nitrogen and oxygen atoms in total. The van der Waals surface area contributed by atoms with Crippen LogP contribution in [0.5, 0.6) is 0 Å². The molecule has 2 heterocycles. The number of hydrogen-bond acceptors (Lipinski definition) is 2. The van der Waals surface area contributed by atoms with Gasteiger partial charge in [-0.3, -0.25) is 4.79 Å². The number of halogens is 1. The van der Waals surface area contributed by atoms with Crippen LogP contribution in [0.1, 0.15) is 56.9 Å². The van der Waals surface area contributed by atoms with Crippen LogP contribution in [0.2, 0.25) is 0 Å². The van der Waals surface area contributed by atoms with Gasteiger partial charge in [0.05, 0.1) is 0 Å². The van der Waals surface area contributed by atoms with E-state index in [9.17, 15) is 4.79 Å². The van der Waals surface area contributed by atoms with Crippen LogP contribution in [0.3, 0.4) is 0 Å². The maximum absolute atomic E-state index is 13.0. The first-order chi connectivity index (χ1) is 11.8. The molecule has 0 spiro atoms. The third-order valence-corrected chi connectivity index (χ3v) is 6.31. The molecule has 138 valence electrons. The van der Waals surface area contributed by atoms with Crippen molar-refractivity contribution in [2.24, 2.45) is 11.8 Å². The lowest BCUT2D eigenvalue weighted by molar-refractivity contribution is -0.134. The van der Waals surface area contributed by atoms with Crippen LogP contribution in [0.15, 0.2) is 30.3 Å². The van der Waals surface area contributed by atoms with Gasteiger partial charge in [0.15, 0.2) is 0 Å². The van der Waals surface area contributed by atoms with E-state index >= 15 is 0 Å². The van der Waals surface area contributed by atoms with Gasteiger partial charge in [-0.25, -0.2) is 0 Å². The molecular weight excluding hydrogens is 332 g/mol. The van der Waals surface area contributed by atoms with E-state index in [0.29, 0.717) is 23.9 Å². The smallest absolute Gasteiger partial charge is 0.223 e. The summed E-state index contributed by atoms with van der Waals surface area (Å²) in [6, 6.07) is 11.8. The minimum atomic E-state index is 0. The number of fused-ring (bicyclic) bond motifs is 2. The Kier molecular flexibility index (Phi) is 6.40. The molecule has 2 unspecified atom stereocenters. The van der Waals surface area contributed by atoms with Crippen molar-refractivity contribution in [3.8, 4) is 0 Å². The van der Waals surface area contributed by atoms with Gasteiger partial charge in [0, 0.05) is 31.6 Å². The van der Waals surface area contributed by atoms with E-state index in [0.717, 1.165) is 25.4 Å². The second-order valence-corrected chi connectivity index (χ2v) is 8.24. The summed E-state index contributed by atoms with van der Waals surface area (Å²) in [6.45, 7) is 1.75. The van der Waals surface area contributed by atoms with Crippen molar-refractivity contribution in [3.05, 3.63) is 35.9 Å². The highest BCUT2D eigenvalue weighted by Gasteiger charge is 2.35. The van der Waals surface area contributed by atoms with Gasteiger partial charge >= 0.3 is 0 Å². The van der Waals surface area contributed by atoms with Crippen molar-refractivity contribution in [3.63, 3.8) is 0 Å². The molecule has 1 aromatic carbocycles. The average molecular weight is 363 g/mol. The standard InChI is InChI=1S/C21H30N2O.ClH/c24-21(13-18-11-19-9-10-20(12-18)22-19)23(15-17-7-4-8-17)14-16-5-2-1-3-6-16;/h1-3,5-6,17-20,22H,4,7-15H2;1H. The number of piperidine rings is 1. The zero-order valence-corrected chi connectivity index (χ0v) is 15.8. The van der Waals surface area contributed by atoms with Crippen LogP contribution >= 0.6 is 12.4 Å². The number of carbonyl (C=O) groups is 1. The van der Waals surface area contributed by atoms with Gasteiger partial charge < -0.3 is 10.2 Å². The highest BCUT2D eigenvalue weighted by Crippen LogP contribution is 2.34. The molecule has 1 aromatic rings. The lowest BCUT2D eigenvalue weighted by Crippen LogP contribution is -2.41.